The average molecular weight is 263 g/mol. The number of aromatic nitrogens is 1. The summed E-state index contributed by atoms with van der Waals surface area (Å²) < 4.78 is 1.26. The second kappa shape index (κ2) is 6.16. The van der Waals surface area contributed by atoms with Crippen LogP contribution in [0.2, 0.25) is 0 Å². The molecule has 0 amide bonds. The molecule has 0 unspecified atom stereocenters. The Labute approximate surface area is 113 Å². The molecule has 0 aliphatic heterocycles. The molecule has 1 aromatic heterocycles. The van der Waals surface area contributed by atoms with Crippen molar-refractivity contribution >= 4 is 26.7 Å². The Morgan fingerprint density at radius 1 is 1.33 bits per heavy atom. The first-order valence-electron chi connectivity index (χ1n) is 6.51. The maximum atomic E-state index is 5.62. The number of nitrogens with zero attached hydrogens (tertiary/aromatic N) is 2. The quantitative estimate of drug-likeness (QED) is 0.870. The van der Waals surface area contributed by atoms with E-state index >= 15 is 0 Å². The molecule has 0 spiro atoms. The molecule has 2 aromatic rings. The van der Waals surface area contributed by atoms with Gasteiger partial charge < -0.3 is 10.6 Å². The minimum atomic E-state index is 0.634. The van der Waals surface area contributed by atoms with E-state index in [2.05, 4.69) is 36.9 Å². The highest BCUT2D eigenvalue weighted by Gasteiger charge is 2.12. The number of rotatable bonds is 6. The van der Waals surface area contributed by atoms with E-state index in [0.29, 0.717) is 5.92 Å². The topological polar surface area (TPSA) is 42.1 Å². The number of fused-ring (bicyclic) bond motifs is 1. The average Bonchev–Trinajstić information content (AvgIpc) is 2.77. The van der Waals surface area contributed by atoms with Gasteiger partial charge in [0.1, 0.15) is 0 Å². The van der Waals surface area contributed by atoms with Crippen LogP contribution in [0, 0.1) is 5.92 Å². The van der Waals surface area contributed by atoms with Crippen molar-refractivity contribution in [3.05, 3.63) is 24.3 Å². The van der Waals surface area contributed by atoms with Crippen LogP contribution in [0.15, 0.2) is 24.3 Å². The molecule has 18 heavy (non-hydrogen) atoms. The molecule has 0 bridgehead atoms. The van der Waals surface area contributed by atoms with E-state index in [1.807, 2.05) is 6.07 Å². The number of benzene rings is 1. The van der Waals surface area contributed by atoms with Gasteiger partial charge in [-0.1, -0.05) is 37.3 Å². The first kappa shape index (κ1) is 13.3. The summed E-state index contributed by atoms with van der Waals surface area (Å²) in [4.78, 5) is 7.09. The van der Waals surface area contributed by atoms with Gasteiger partial charge in [0, 0.05) is 13.1 Å². The third kappa shape index (κ3) is 3.21. The zero-order valence-corrected chi connectivity index (χ0v) is 11.9. The second-order valence-corrected chi connectivity index (χ2v) is 5.96. The van der Waals surface area contributed by atoms with E-state index in [-0.39, 0.29) is 0 Å². The minimum absolute atomic E-state index is 0.634. The SMILES string of the molecule is CC(C)CN(CCCN)c1nc2ccccc2s1. The van der Waals surface area contributed by atoms with Gasteiger partial charge in [-0.3, -0.25) is 0 Å². The molecule has 1 aromatic carbocycles. The van der Waals surface area contributed by atoms with E-state index in [1.165, 1.54) is 4.70 Å². The Bertz CT molecular complexity index is 459. The fourth-order valence-electron chi connectivity index (χ4n) is 1.98. The molecule has 0 atom stereocenters. The van der Waals surface area contributed by atoms with Gasteiger partial charge >= 0.3 is 0 Å². The van der Waals surface area contributed by atoms with Crippen LogP contribution < -0.4 is 10.6 Å². The van der Waals surface area contributed by atoms with Crippen molar-refractivity contribution in [1.29, 1.82) is 0 Å². The molecule has 0 aliphatic carbocycles. The van der Waals surface area contributed by atoms with E-state index in [0.717, 1.165) is 36.7 Å². The second-order valence-electron chi connectivity index (χ2n) is 4.95. The predicted octanol–water partition coefficient (Wildman–Crippen LogP) is 3.11. The predicted molar refractivity (Wildman–Crippen MR) is 80.3 cm³/mol. The highest BCUT2D eigenvalue weighted by atomic mass is 32.1. The molecule has 2 N–H and O–H groups in total. The highest BCUT2D eigenvalue weighted by molar-refractivity contribution is 7.22. The van der Waals surface area contributed by atoms with Crippen molar-refractivity contribution in [2.75, 3.05) is 24.5 Å². The van der Waals surface area contributed by atoms with Crippen molar-refractivity contribution in [2.24, 2.45) is 11.7 Å². The van der Waals surface area contributed by atoms with Gasteiger partial charge in [0.2, 0.25) is 0 Å². The Morgan fingerprint density at radius 3 is 2.78 bits per heavy atom. The molecule has 0 aliphatic rings. The van der Waals surface area contributed by atoms with Crippen LogP contribution in [0.1, 0.15) is 20.3 Å². The monoisotopic (exact) mass is 263 g/mol. The third-order valence-corrected chi connectivity index (χ3v) is 3.87. The van der Waals surface area contributed by atoms with E-state index in [1.54, 1.807) is 11.3 Å². The Kier molecular flexibility index (Phi) is 4.55. The van der Waals surface area contributed by atoms with Crippen LogP contribution >= 0.6 is 11.3 Å². The number of nitrogens with two attached hydrogens (primary N) is 1. The summed E-state index contributed by atoms with van der Waals surface area (Å²) in [6, 6.07) is 8.31. The minimum Gasteiger partial charge on any atom is -0.348 e. The molecular weight excluding hydrogens is 242 g/mol. The molecule has 0 fully saturated rings. The van der Waals surface area contributed by atoms with Gasteiger partial charge in [-0.25, -0.2) is 4.98 Å². The van der Waals surface area contributed by atoms with Crippen LogP contribution in [-0.2, 0) is 0 Å². The molecule has 1 heterocycles. The fourth-order valence-corrected chi connectivity index (χ4v) is 2.98. The zero-order valence-electron chi connectivity index (χ0n) is 11.1. The van der Waals surface area contributed by atoms with Gasteiger partial charge in [-0.2, -0.15) is 0 Å². The lowest BCUT2D eigenvalue weighted by atomic mass is 10.2. The lowest BCUT2D eigenvalue weighted by Gasteiger charge is -2.23. The van der Waals surface area contributed by atoms with Gasteiger partial charge in [0.05, 0.1) is 10.2 Å². The Hall–Kier alpha value is -1.13. The van der Waals surface area contributed by atoms with Gasteiger partial charge in [-0.05, 0) is 31.0 Å². The number of thiazole rings is 1. The van der Waals surface area contributed by atoms with Crippen molar-refractivity contribution < 1.29 is 0 Å². The smallest absolute Gasteiger partial charge is 0.186 e. The maximum absolute atomic E-state index is 5.62. The van der Waals surface area contributed by atoms with Crippen molar-refractivity contribution in [3.8, 4) is 0 Å². The van der Waals surface area contributed by atoms with Crippen molar-refractivity contribution in [3.63, 3.8) is 0 Å². The van der Waals surface area contributed by atoms with Crippen molar-refractivity contribution in [1.82, 2.24) is 4.98 Å². The summed E-state index contributed by atoms with van der Waals surface area (Å²) in [5.41, 5.74) is 6.71. The number of hydrogen-bond donors (Lipinski definition) is 1. The van der Waals surface area contributed by atoms with Gasteiger partial charge in [0.25, 0.3) is 0 Å². The van der Waals surface area contributed by atoms with Crippen LogP contribution in [0.4, 0.5) is 5.13 Å². The third-order valence-electron chi connectivity index (χ3n) is 2.77. The molecular formula is C14H21N3S. The summed E-state index contributed by atoms with van der Waals surface area (Å²) >= 11 is 1.77. The van der Waals surface area contributed by atoms with Crippen LogP contribution in [0.25, 0.3) is 10.2 Å². The number of anilines is 1. The zero-order chi connectivity index (χ0) is 13.0. The summed E-state index contributed by atoms with van der Waals surface area (Å²) in [6.45, 7) is 7.25. The van der Waals surface area contributed by atoms with E-state index in [9.17, 15) is 0 Å². The Balaban J connectivity index is 2.22. The lowest BCUT2D eigenvalue weighted by Crippen LogP contribution is -2.29. The summed E-state index contributed by atoms with van der Waals surface area (Å²) in [7, 11) is 0. The number of para-hydroxylation sites is 1. The Morgan fingerprint density at radius 2 is 2.11 bits per heavy atom. The largest absolute Gasteiger partial charge is 0.348 e. The summed E-state index contributed by atoms with van der Waals surface area (Å²) in [5.74, 6) is 0.634. The van der Waals surface area contributed by atoms with Crippen LogP contribution in [-0.4, -0.2) is 24.6 Å². The van der Waals surface area contributed by atoms with E-state index in [4.69, 9.17) is 10.7 Å². The highest BCUT2D eigenvalue weighted by Crippen LogP contribution is 2.29. The first-order chi connectivity index (χ1) is 8.70. The molecule has 4 heteroatoms. The molecule has 0 saturated heterocycles. The molecule has 0 saturated carbocycles. The van der Waals surface area contributed by atoms with Crippen molar-refractivity contribution in [2.45, 2.75) is 20.3 Å². The van der Waals surface area contributed by atoms with Gasteiger partial charge in [0.15, 0.2) is 5.13 Å². The molecule has 3 nitrogen and oxygen atoms in total. The summed E-state index contributed by atoms with van der Waals surface area (Å²) in [6.07, 6.45) is 1.02. The maximum Gasteiger partial charge on any atom is 0.186 e. The fraction of sp³-hybridized carbons (Fsp3) is 0.500. The van der Waals surface area contributed by atoms with Crippen LogP contribution in [0.3, 0.4) is 0 Å². The number of hydrogen-bond acceptors (Lipinski definition) is 4. The van der Waals surface area contributed by atoms with Gasteiger partial charge in [-0.15, -0.1) is 0 Å². The molecule has 0 radical (unpaired) electrons. The molecule has 98 valence electrons. The standard InChI is InChI=1S/C14H21N3S/c1-11(2)10-17(9-5-8-15)14-16-12-6-3-4-7-13(12)18-14/h3-4,6-7,11H,5,8-10,15H2,1-2H3. The van der Waals surface area contributed by atoms with E-state index < -0.39 is 0 Å². The normalized spacial score (nSPS) is 11.3. The lowest BCUT2D eigenvalue weighted by molar-refractivity contribution is 0.600. The first-order valence-corrected chi connectivity index (χ1v) is 7.33. The molecule has 2 rings (SSSR count). The summed E-state index contributed by atoms with van der Waals surface area (Å²) in [5, 5.41) is 1.12. The van der Waals surface area contributed by atoms with Crippen LogP contribution in [0.5, 0.6) is 0 Å².